The second kappa shape index (κ2) is 6.09. The van der Waals surface area contributed by atoms with Crippen molar-refractivity contribution in [2.45, 2.75) is 12.6 Å². The van der Waals surface area contributed by atoms with Gasteiger partial charge in [-0.2, -0.15) is 0 Å². The van der Waals surface area contributed by atoms with E-state index in [2.05, 4.69) is 21.3 Å². The molecule has 1 aliphatic rings. The summed E-state index contributed by atoms with van der Waals surface area (Å²) in [6, 6.07) is 8.08. The lowest BCUT2D eigenvalue weighted by atomic mass is 10.1. The highest BCUT2D eigenvalue weighted by atomic mass is 32.1. The number of benzene rings is 1. The molecule has 3 rings (SSSR count). The molecule has 0 saturated carbocycles. The molecule has 1 fully saturated rings. The number of thiazole rings is 1. The first-order valence-electron chi connectivity index (χ1n) is 7.15. The van der Waals surface area contributed by atoms with E-state index < -0.39 is 0 Å². The van der Waals surface area contributed by atoms with Crippen molar-refractivity contribution in [3.63, 3.8) is 0 Å². The molecule has 0 radical (unpaired) electrons. The third kappa shape index (κ3) is 3.07. The number of likely N-dealkylation sites (N-methyl/N-ethyl adjacent to an activating group) is 1. The molecule has 0 aliphatic carbocycles. The topological polar surface area (TPSA) is 48.5 Å². The lowest BCUT2D eigenvalue weighted by Crippen LogP contribution is -2.57. The Morgan fingerprint density at radius 1 is 1.48 bits per heavy atom. The molecule has 1 aromatic heterocycles. The van der Waals surface area contributed by atoms with Gasteiger partial charge in [0.15, 0.2) is 0 Å². The van der Waals surface area contributed by atoms with Gasteiger partial charge in [-0.05, 0) is 12.1 Å². The molecular weight excluding hydrogens is 284 g/mol. The van der Waals surface area contributed by atoms with Gasteiger partial charge in [0, 0.05) is 33.7 Å². The average Bonchev–Trinajstić information content (AvgIpc) is 2.89. The predicted octanol–water partition coefficient (Wildman–Crippen LogP) is 1.16. The number of aromatic nitrogens is 1. The van der Waals surface area contributed by atoms with Crippen molar-refractivity contribution in [3.05, 3.63) is 29.3 Å². The zero-order valence-electron chi connectivity index (χ0n) is 12.4. The molecule has 1 aliphatic heterocycles. The summed E-state index contributed by atoms with van der Waals surface area (Å²) in [5.74, 6) is 0.156. The Hall–Kier alpha value is -1.50. The summed E-state index contributed by atoms with van der Waals surface area (Å²) in [5, 5.41) is 4.39. The smallest absolute Gasteiger partial charge is 0.240 e. The molecule has 1 aromatic carbocycles. The molecule has 2 aromatic rings. The van der Waals surface area contributed by atoms with E-state index in [1.807, 2.05) is 32.3 Å². The van der Waals surface area contributed by atoms with Crippen LogP contribution in [0.3, 0.4) is 0 Å². The van der Waals surface area contributed by atoms with Crippen molar-refractivity contribution in [3.8, 4) is 0 Å². The van der Waals surface area contributed by atoms with E-state index in [1.165, 1.54) is 4.70 Å². The van der Waals surface area contributed by atoms with E-state index >= 15 is 0 Å². The molecule has 1 N–H and O–H groups in total. The Morgan fingerprint density at radius 3 is 3.05 bits per heavy atom. The van der Waals surface area contributed by atoms with Crippen molar-refractivity contribution >= 4 is 27.5 Å². The maximum atomic E-state index is 12.3. The highest BCUT2D eigenvalue weighted by Crippen LogP contribution is 2.23. The largest absolute Gasteiger partial charge is 0.347 e. The van der Waals surface area contributed by atoms with Gasteiger partial charge in [0.1, 0.15) is 11.0 Å². The number of nitrogens with one attached hydrogen (secondary N) is 1. The summed E-state index contributed by atoms with van der Waals surface area (Å²) in [5.41, 5.74) is 1.04. The molecule has 0 spiro atoms. The summed E-state index contributed by atoms with van der Waals surface area (Å²) < 4.78 is 1.21. The summed E-state index contributed by atoms with van der Waals surface area (Å²) in [6.45, 7) is 3.25. The minimum Gasteiger partial charge on any atom is -0.347 e. The van der Waals surface area contributed by atoms with Crippen LogP contribution in [0, 0.1) is 0 Å². The molecule has 5 nitrogen and oxygen atoms in total. The predicted molar refractivity (Wildman–Crippen MR) is 85.4 cm³/mol. The normalized spacial score (nSPS) is 19.8. The van der Waals surface area contributed by atoms with Gasteiger partial charge < -0.3 is 10.2 Å². The van der Waals surface area contributed by atoms with Crippen molar-refractivity contribution in [2.75, 3.05) is 33.7 Å². The zero-order chi connectivity index (χ0) is 14.8. The number of hydrogen-bond acceptors (Lipinski definition) is 5. The van der Waals surface area contributed by atoms with Gasteiger partial charge >= 0.3 is 0 Å². The van der Waals surface area contributed by atoms with E-state index in [0.29, 0.717) is 6.54 Å². The highest BCUT2D eigenvalue weighted by molar-refractivity contribution is 7.18. The summed E-state index contributed by atoms with van der Waals surface area (Å²) in [4.78, 5) is 20.9. The highest BCUT2D eigenvalue weighted by Gasteiger charge is 2.30. The Morgan fingerprint density at radius 2 is 2.29 bits per heavy atom. The first-order chi connectivity index (χ1) is 10.1. The molecule has 0 bridgehead atoms. The van der Waals surface area contributed by atoms with Gasteiger partial charge in [0.05, 0.1) is 16.8 Å². The number of hydrogen-bond donors (Lipinski definition) is 1. The van der Waals surface area contributed by atoms with Crippen LogP contribution in [0.25, 0.3) is 10.2 Å². The third-order valence-corrected chi connectivity index (χ3v) is 4.78. The minimum atomic E-state index is -0.0965. The van der Waals surface area contributed by atoms with Gasteiger partial charge in [-0.3, -0.25) is 9.69 Å². The molecular formula is C15H20N4OS. The molecule has 1 saturated heterocycles. The Bertz CT molecular complexity index is 606. The number of rotatable bonds is 3. The number of para-hydroxylation sites is 1. The van der Waals surface area contributed by atoms with Crippen LogP contribution in [-0.2, 0) is 11.3 Å². The van der Waals surface area contributed by atoms with Crippen LogP contribution in [0.15, 0.2) is 24.3 Å². The van der Waals surface area contributed by atoms with E-state index in [1.54, 1.807) is 16.2 Å². The Kier molecular flexibility index (Phi) is 4.19. The van der Waals surface area contributed by atoms with Crippen molar-refractivity contribution in [2.24, 2.45) is 0 Å². The van der Waals surface area contributed by atoms with E-state index in [0.717, 1.165) is 30.2 Å². The van der Waals surface area contributed by atoms with E-state index in [4.69, 9.17) is 0 Å². The van der Waals surface area contributed by atoms with Gasteiger partial charge in [-0.25, -0.2) is 4.98 Å². The van der Waals surface area contributed by atoms with Crippen LogP contribution in [0.4, 0.5) is 0 Å². The molecule has 112 valence electrons. The fraction of sp³-hybridized carbons (Fsp3) is 0.467. The molecule has 1 unspecified atom stereocenters. The number of amides is 1. The summed E-state index contributed by atoms with van der Waals surface area (Å²) >= 11 is 1.71. The average molecular weight is 304 g/mol. The monoisotopic (exact) mass is 304 g/mol. The Labute approximate surface area is 128 Å². The SMILES string of the molecule is CN(C)C(=O)C1CNCCN1Cc1nc2ccccc2s1. The standard InChI is InChI=1S/C15H20N4OS/c1-18(2)15(20)12-9-16-7-8-19(12)10-14-17-11-5-3-4-6-13(11)21-14/h3-6,12,16H,7-10H2,1-2H3. The van der Waals surface area contributed by atoms with Crippen LogP contribution in [0.1, 0.15) is 5.01 Å². The molecule has 1 amide bonds. The first-order valence-corrected chi connectivity index (χ1v) is 7.97. The second-order valence-electron chi connectivity index (χ2n) is 5.50. The minimum absolute atomic E-state index is 0.0965. The lowest BCUT2D eigenvalue weighted by Gasteiger charge is -2.35. The van der Waals surface area contributed by atoms with Gasteiger partial charge in [0.25, 0.3) is 0 Å². The molecule has 6 heteroatoms. The van der Waals surface area contributed by atoms with Crippen LogP contribution < -0.4 is 5.32 Å². The fourth-order valence-electron chi connectivity index (χ4n) is 2.64. The van der Waals surface area contributed by atoms with Crippen molar-refractivity contribution < 1.29 is 4.79 Å². The van der Waals surface area contributed by atoms with Crippen LogP contribution in [0.5, 0.6) is 0 Å². The van der Waals surface area contributed by atoms with Crippen molar-refractivity contribution in [1.29, 1.82) is 0 Å². The van der Waals surface area contributed by atoms with Crippen LogP contribution in [0.2, 0.25) is 0 Å². The lowest BCUT2D eigenvalue weighted by molar-refractivity contribution is -0.135. The Balaban J connectivity index is 1.79. The number of nitrogens with zero attached hydrogens (tertiary/aromatic N) is 3. The summed E-state index contributed by atoms with van der Waals surface area (Å²) in [7, 11) is 3.62. The van der Waals surface area contributed by atoms with E-state index in [-0.39, 0.29) is 11.9 Å². The maximum absolute atomic E-state index is 12.3. The zero-order valence-corrected chi connectivity index (χ0v) is 13.2. The quantitative estimate of drug-likeness (QED) is 0.924. The molecule has 1 atom stereocenters. The molecule has 21 heavy (non-hydrogen) atoms. The van der Waals surface area contributed by atoms with Gasteiger partial charge in [-0.15, -0.1) is 11.3 Å². The fourth-order valence-corrected chi connectivity index (χ4v) is 3.63. The maximum Gasteiger partial charge on any atom is 0.240 e. The van der Waals surface area contributed by atoms with E-state index in [9.17, 15) is 4.79 Å². The van der Waals surface area contributed by atoms with Gasteiger partial charge in [-0.1, -0.05) is 12.1 Å². The second-order valence-corrected chi connectivity index (χ2v) is 6.61. The third-order valence-electron chi connectivity index (χ3n) is 3.76. The number of fused-ring (bicyclic) bond motifs is 1. The van der Waals surface area contributed by atoms with Gasteiger partial charge in [0.2, 0.25) is 5.91 Å². The molecule has 2 heterocycles. The number of carbonyl (C=O) groups excluding carboxylic acids is 1. The first kappa shape index (κ1) is 14.4. The van der Waals surface area contributed by atoms with Crippen molar-refractivity contribution in [1.82, 2.24) is 20.1 Å². The number of piperazine rings is 1. The van der Waals surface area contributed by atoms with Crippen LogP contribution >= 0.6 is 11.3 Å². The summed E-state index contributed by atoms with van der Waals surface area (Å²) in [6.07, 6.45) is 0. The number of carbonyl (C=O) groups is 1. The van der Waals surface area contributed by atoms with Crippen LogP contribution in [-0.4, -0.2) is 60.5 Å².